The molecule has 0 N–H and O–H groups in total. The van der Waals surface area contributed by atoms with Crippen LogP contribution in [0.5, 0.6) is 0 Å². The Morgan fingerprint density at radius 2 is 1.93 bits per heavy atom. The molecule has 27 heavy (non-hydrogen) atoms. The summed E-state index contributed by atoms with van der Waals surface area (Å²) in [6, 6.07) is 4.70. The van der Waals surface area contributed by atoms with Crippen molar-refractivity contribution < 1.29 is 18.0 Å². The molecule has 0 atom stereocenters. The molecule has 1 amide bonds. The summed E-state index contributed by atoms with van der Waals surface area (Å²) in [5.74, 6) is -1.27. The molecule has 144 valence electrons. The van der Waals surface area contributed by atoms with E-state index in [9.17, 15) is 18.0 Å². The van der Waals surface area contributed by atoms with Gasteiger partial charge in [-0.15, -0.1) is 0 Å². The largest absolute Gasteiger partial charge is 0.305 e. The molecular formula is C18H22N4O4S. The van der Waals surface area contributed by atoms with Gasteiger partial charge in [0.1, 0.15) is 0 Å². The molecule has 1 aliphatic rings. The van der Waals surface area contributed by atoms with Gasteiger partial charge in [-0.25, -0.2) is 8.42 Å². The Kier molecular flexibility index (Phi) is 5.16. The smallest absolute Gasteiger partial charge is 0.299 e. The van der Waals surface area contributed by atoms with Crippen LogP contribution in [0, 0.1) is 0 Å². The standard InChI is InChI=1S/C18H22N4O4S/c1-4-21(5-2)27(25,26)15-6-7-16-13(10-15)8-9-22(16)18(24)17(23)14-11-19-20(3)12-14/h6-7,10-12H,4-5,8-9H2,1-3H3. The lowest BCUT2D eigenvalue weighted by Gasteiger charge is -2.20. The summed E-state index contributed by atoms with van der Waals surface area (Å²) in [5.41, 5.74) is 1.56. The highest BCUT2D eigenvalue weighted by Gasteiger charge is 2.32. The van der Waals surface area contributed by atoms with Crippen molar-refractivity contribution in [2.24, 2.45) is 7.05 Å². The van der Waals surface area contributed by atoms with Gasteiger partial charge in [-0.2, -0.15) is 9.40 Å². The first-order valence-corrected chi connectivity index (χ1v) is 10.2. The van der Waals surface area contributed by atoms with Gasteiger partial charge in [0, 0.05) is 38.6 Å². The van der Waals surface area contributed by atoms with E-state index in [1.165, 1.54) is 32.3 Å². The summed E-state index contributed by atoms with van der Waals surface area (Å²) >= 11 is 0. The number of anilines is 1. The number of ketones is 1. The number of Topliss-reactive ketones (excluding diaryl/α,β-unsaturated/α-hetero) is 1. The average molecular weight is 390 g/mol. The van der Waals surface area contributed by atoms with Crippen LogP contribution in [0.15, 0.2) is 35.5 Å². The molecule has 1 aromatic carbocycles. The van der Waals surface area contributed by atoms with Gasteiger partial charge in [0.15, 0.2) is 0 Å². The van der Waals surface area contributed by atoms with E-state index < -0.39 is 21.7 Å². The summed E-state index contributed by atoms with van der Waals surface area (Å²) in [4.78, 5) is 26.6. The lowest BCUT2D eigenvalue weighted by molar-refractivity contribution is -0.114. The number of hydrogen-bond acceptors (Lipinski definition) is 5. The first kappa shape index (κ1) is 19.2. The lowest BCUT2D eigenvalue weighted by atomic mass is 10.1. The van der Waals surface area contributed by atoms with Gasteiger partial charge in [-0.3, -0.25) is 14.3 Å². The third-order valence-electron chi connectivity index (χ3n) is 4.70. The van der Waals surface area contributed by atoms with Crippen molar-refractivity contribution in [3.8, 4) is 0 Å². The molecule has 0 saturated heterocycles. The van der Waals surface area contributed by atoms with Crippen LogP contribution in [0.4, 0.5) is 5.69 Å². The van der Waals surface area contributed by atoms with Crippen molar-refractivity contribution in [1.82, 2.24) is 14.1 Å². The molecular weight excluding hydrogens is 368 g/mol. The van der Waals surface area contributed by atoms with Crippen LogP contribution < -0.4 is 4.90 Å². The van der Waals surface area contributed by atoms with Crippen molar-refractivity contribution in [2.75, 3.05) is 24.5 Å². The monoisotopic (exact) mass is 390 g/mol. The van der Waals surface area contributed by atoms with Gasteiger partial charge in [-0.05, 0) is 30.2 Å². The number of hydrogen-bond donors (Lipinski definition) is 0. The predicted octanol–water partition coefficient (Wildman–Crippen LogP) is 1.22. The quantitative estimate of drug-likeness (QED) is 0.546. The van der Waals surface area contributed by atoms with E-state index >= 15 is 0 Å². The summed E-state index contributed by atoms with van der Waals surface area (Å²) in [6.45, 7) is 4.70. The van der Waals surface area contributed by atoms with Crippen LogP contribution >= 0.6 is 0 Å². The second-order valence-electron chi connectivity index (χ2n) is 6.32. The van der Waals surface area contributed by atoms with Gasteiger partial charge >= 0.3 is 0 Å². The van der Waals surface area contributed by atoms with Crippen LogP contribution in [0.3, 0.4) is 0 Å². The number of carbonyl (C=O) groups excluding carboxylic acids is 2. The number of benzene rings is 1. The fraction of sp³-hybridized carbons (Fsp3) is 0.389. The third kappa shape index (κ3) is 3.40. The predicted molar refractivity (Wildman–Crippen MR) is 100 cm³/mol. The van der Waals surface area contributed by atoms with Crippen molar-refractivity contribution in [3.63, 3.8) is 0 Å². The van der Waals surface area contributed by atoms with Crippen molar-refractivity contribution in [1.29, 1.82) is 0 Å². The Balaban J connectivity index is 1.88. The normalized spacial score (nSPS) is 13.9. The minimum Gasteiger partial charge on any atom is -0.305 e. The number of carbonyl (C=O) groups is 2. The second kappa shape index (κ2) is 7.24. The summed E-state index contributed by atoms with van der Waals surface area (Å²) in [7, 11) is -1.89. The molecule has 3 rings (SSSR count). The highest BCUT2D eigenvalue weighted by Crippen LogP contribution is 2.31. The Bertz CT molecular complexity index is 993. The third-order valence-corrected chi connectivity index (χ3v) is 6.74. The number of aryl methyl sites for hydroxylation is 1. The Labute approximate surface area is 158 Å². The fourth-order valence-electron chi connectivity index (χ4n) is 3.25. The second-order valence-corrected chi connectivity index (χ2v) is 8.26. The first-order valence-electron chi connectivity index (χ1n) is 8.77. The summed E-state index contributed by atoms with van der Waals surface area (Å²) < 4.78 is 28.2. The molecule has 0 aliphatic carbocycles. The van der Waals surface area contributed by atoms with Crippen molar-refractivity contribution >= 4 is 27.4 Å². The van der Waals surface area contributed by atoms with Crippen LogP contribution in [0.1, 0.15) is 29.8 Å². The molecule has 0 bridgehead atoms. The number of amides is 1. The number of rotatable bonds is 6. The highest BCUT2D eigenvalue weighted by molar-refractivity contribution is 7.89. The topological polar surface area (TPSA) is 92.6 Å². The number of sulfonamides is 1. The molecule has 2 aromatic rings. The zero-order chi connectivity index (χ0) is 19.8. The van der Waals surface area contributed by atoms with Gasteiger partial charge in [0.05, 0.1) is 16.7 Å². The molecule has 0 unspecified atom stereocenters. The molecule has 8 nitrogen and oxygen atoms in total. The first-order chi connectivity index (χ1) is 12.8. The molecule has 0 spiro atoms. The van der Waals surface area contributed by atoms with E-state index in [0.29, 0.717) is 31.7 Å². The lowest BCUT2D eigenvalue weighted by Crippen LogP contribution is -2.35. The van der Waals surface area contributed by atoms with E-state index in [-0.39, 0.29) is 10.5 Å². The van der Waals surface area contributed by atoms with Gasteiger partial charge in [0.2, 0.25) is 10.0 Å². The Morgan fingerprint density at radius 3 is 2.52 bits per heavy atom. The Hall–Kier alpha value is -2.52. The van der Waals surface area contributed by atoms with Crippen molar-refractivity contribution in [2.45, 2.75) is 25.2 Å². The number of nitrogens with zero attached hydrogens (tertiary/aromatic N) is 4. The van der Waals surface area contributed by atoms with E-state index in [4.69, 9.17) is 0 Å². The van der Waals surface area contributed by atoms with Crippen LogP contribution in [-0.4, -0.2) is 53.8 Å². The van der Waals surface area contributed by atoms with Crippen LogP contribution in [0.2, 0.25) is 0 Å². The molecule has 9 heteroatoms. The highest BCUT2D eigenvalue weighted by atomic mass is 32.2. The van der Waals surface area contributed by atoms with E-state index in [2.05, 4.69) is 5.10 Å². The number of aromatic nitrogens is 2. The van der Waals surface area contributed by atoms with Gasteiger partial charge in [0.25, 0.3) is 11.7 Å². The van der Waals surface area contributed by atoms with E-state index in [1.54, 1.807) is 33.0 Å². The fourth-order valence-corrected chi connectivity index (χ4v) is 4.76. The molecule has 1 aliphatic heterocycles. The molecule has 2 heterocycles. The zero-order valence-electron chi connectivity index (χ0n) is 15.5. The van der Waals surface area contributed by atoms with E-state index in [0.717, 1.165) is 5.56 Å². The van der Waals surface area contributed by atoms with E-state index in [1.807, 2.05) is 0 Å². The average Bonchev–Trinajstić information content (AvgIpc) is 3.27. The maximum atomic E-state index is 12.7. The zero-order valence-corrected chi connectivity index (χ0v) is 16.4. The SMILES string of the molecule is CCN(CC)S(=O)(=O)c1ccc2c(c1)CCN2C(=O)C(=O)c1cnn(C)c1. The molecule has 0 radical (unpaired) electrons. The molecule has 1 aromatic heterocycles. The molecule has 0 fully saturated rings. The Morgan fingerprint density at radius 1 is 1.22 bits per heavy atom. The van der Waals surface area contributed by atoms with Crippen LogP contribution in [-0.2, 0) is 28.3 Å². The maximum absolute atomic E-state index is 12.7. The number of fused-ring (bicyclic) bond motifs is 1. The van der Waals surface area contributed by atoms with Gasteiger partial charge in [-0.1, -0.05) is 13.8 Å². The van der Waals surface area contributed by atoms with Gasteiger partial charge < -0.3 is 4.90 Å². The van der Waals surface area contributed by atoms with Crippen LogP contribution in [0.25, 0.3) is 0 Å². The summed E-state index contributed by atoms with van der Waals surface area (Å²) in [5, 5.41) is 3.92. The van der Waals surface area contributed by atoms with Crippen molar-refractivity contribution in [3.05, 3.63) is 41.7 Å². The minimum atomic E-state index is -3.57. The minimum absolute atomic E-state index is 0.206. The maximum Gasteiger partial charge on any atom is 0.299 e. The molecule has 0 saturated carbocycles. The summed E-state index contributed by atoms with van der Waals surface area (Å²) in [6.07, 6.45) is 3.36.